The summed E-state index contributed by atoms with van der Waals surface area (Å²) in [4.78, 5) is 13.8. The molecular weight excluding hydrogens is 252 g/mol. The van der Waals surface area contributed by atoms with Crippen molar-refractivity contribution >= 4 is 17.3 Å². The van der Waals surface area contributed by atoms with Crippen LogP contribution < -0.4 is 10.6 Å². The van der Waals surface area contributed by atoms with Crippen LogP contribution in [0.4, 0.5) is 11.4 Å². The van der Waals surface area contributed by atoms with Gasteiger partial charge in [-0.15, -0.1) is 0 Å². The highest BCUT2D eigenvalue weighted by atomic mass is 16.5. The van der Waals surface area contributed by atoms with Gasteiger partial charge in [0.05, 0.1) is 24.0 Å². The third-order valence-electron chi connectivity index (χ3n) is 4.20. The lowest BCUT2D eigenvalue weighted by molar-refractivity contribution is 0.0601. The Hall–Kier alpha value is -1.71. The van der Waals surface area contributed by atoms with Crippen LogP contribution in [0.15, 0.2) is 18.2 Å². The number of hydrogen-bond donors (Lipinski definition) is 1. The van der Waals surface area contributed by atoms with Gasteiger partial charge >= 0.3 is 5.97 Å². The normalized spacial score (nSPS) is 16.5. The quantitative estimate of drug-likeness (QED) is 0.523. The van der Waals surface area contributed by atoms with Crippen molar-refractivity contribution in [3.05, 3.63) is 23.8 Å². The van der Waals surface area contributed by atoms with Gasteiger partial charge in [0, 0.05) is 13.1 Å². The van der Waals surface area contributed by atoms with Crippen molar-refractivity contribution in [1.29, 1.82) is 0 Å². The first kappa shape index (κ1) is 14.7. The number of benzene rings is 1. The molecule has 2 N–H and O–H groups in total. The second-order valence-electron chi connectivity index (χ2n) is 5.52. The van der Waals surface area contributed by atoms with Crippen LogP contribution in [-0.2, 0) is 4.74 Å². The SMILES string of the molecule is COC(=O)c1ccc(N(C)C2CCCCCC2)c(N)c1. The molecule has 4 nitrogen and oxygen atoms in total. The number of carbonyl (C=O) groups is 1. The van der Waals surface area contributed by atoms with E-state index >= 15 is 0 Å². The summed E-state index contributed by atoms with van der Waals surface area (Å²) in [5.74, 6) is -0.347. The minimum atomic E-state index is -0.347. The van der Waals surface area contributed by atoms with Crippen LogP contribution in [0.25, 0.3) is 0 Å². The van der Waals surface area contributed by atoms with Gasteiger partial charge in [0.1, 0.15) is 0 Å². The molecule has 1 saturated carbocycles. The molecule has 0 saturated heterocycles. The molecule has 110 valence electrons. The van der Waals surface area contributed by atoms with E-state index in [0.29, 0.717) is 17.3 Å². The summed E-state index contributed by atoms with van der Waals surface area (Å²) in [6.07, 6.45) is 7.68. The van der Waals surface area contributed by atoms with Crippen molar-refractivity contribution in [2.24, 2.45) is 0 Å². The Labute approximate surface area is 120 Å². The molecule has 0 aliphatic heterocycles. The highest BCUT2D eigenvalue weighted by Gasteiger charge is 2.19. The van der Waals surface area contributed by atoms with Crippen molar-refractivity contribution in [2.75, 3.05) is 24.8 Å². The van der Waals surface area contributed by atoms with Crippen LogP contribution in [-0.4, -0.2) is 26.2 Å². The number of nitrogens with two attached hydrogens (primary N) is 1. The number of carbonyl (C=O) groups excluding carboxylic acids is 1. The van der Waals surface area contributed by atoms with E-state index in [0.717, 1.165) is 5.69 Å². The highest BCUT2D eigenvalue weighted by Crippen LogP contribution is 2.30. The Kier molecular flexibility index (Phi) is 4.88. The molecule has 0 heterocycles. The van der Waals surface area contributed by atoms with Crippen molar-refractivity contribution < 1.29 is 9.53 Å². The maximum absolute atomic E-state index is 11.5. The third kappa shape index (κ3) is 3.24. The number of nitrogen functional groups attached to an aromatic ring is 1. The fraction of sp³-hybridized carbons (Fsp3) is 0.562. The number of esters is 1. The molecule has 2 rings (SSSR count). The van der Waals surface area contributed by atoms with Crippen LogP contribution in [0.3, 0.4) is 0 Å². The number of anilines is 2. The van der Waals surface area contributed by atoms with E-state index in [1.165, 1.54) is 45.6 Å². The van der Waals surface area contributed by atoms with E-state index in [4.69, 9.17) is 10.5 Å². The van der Waals surface area contributed by atoms with Gasteiger partial charge in [0.25, 0.3) is 0 Å². The van der Waals surface area contributed by atoms with E-state index < -0.39 is 0 Å². The van der Waals surface area contributed by atoms with E-state index in [-0.39, 0.29) is 5.97 Å². The lowest BCUT2D eigenvalue weighted by Crippen LogP contribution is -2.31. The predicted molar refractivity (Wildman–Crippen MR) is 82.1 cm³/mol. The Morgan fingerprint density at radius 3 is 2.45 bits per heavy atom. The Balaban J connectivity index is 2.17. The van der Waals surface area contributed by atoms with Crippen LogP contribution >= 0.6 is 0 Å². The van der Waals surface area contributed by atoms with Gasteiger partial charge in [-0.25, -0.2) is 4.79 Å². The molecule has 1 aliphatic rings. The Morgan fingerprint density at radius 2 is 1.90 bits per heavy atom. The van der Waals surface area contributed by atoms with Gasteiger partial charge in [-0.3, -0.25) is 0 Å². The lowest BCUT2D eigenvalue weighted by Gasteiger charge is -2.30. The first-order valence-electron chi connectivity index (χ1n) is 7.34. The lowest BCUT2D eigenvalue weighted by atomic mass is 10.1. The Bertz CT molecular complexity index is 466. The monoisotopic (exact) mass is 276 g/mol. The second kappa shape index (κ2) is 6.64. The van der Waals surface area contributed by atoms with Gasteiger partial charge in [0.2, 0.25) is 0 Å². The van der Waals surface area contributed by atoms with Crippen molar-refractivity contribution in [3.63, 3.8) is 0 Å². The van der Waals surface area contributed by atoms with Gasteiger partial charge in [0.15, 0.2) is 0 Å². The minimum absolute atomic E-state index is 0.347. The highest BCUT2D eigenvalue weighted by molar-refractivity contribution is 5.91. The van der Waals surface area contributed by atoms with Crippen molar-refractivity contribution in [3.8, 4) is 0 Å². The average Bonchev–Trinajstić information content (AvgIpc) is 2.74. The zero-order chi connectivity index (χ0) is 14.5. The number of hydrogen-bond acceptors (Lipinski definition) is 4. The third-order valence-corrected chi connectivity index (χ3v) is 4.20. The number of methoxy groups -OCH3 is 1. The van der Waals surface area contributed by atoms with Gasteiger partial charge in [-0.2, -0.15) is 0 Å². The largest absolute Gasteiger partial charge is 0.465 e. The van der Waals surface area contributed by atoms with E-state index in [2.05, 4.69) is 11.9 Å². The smallest absolute Gasteiger partial charge is 0.337 e. The molecule has 0 spiro atoms. The van der Waals surface area contributed by atoms with Gasteiger partial charge in [-0.05, 0) is 31.0 Å². The first-order chi connectivity index (χ1) is 9.63. The Morgan fingerprint density at radius 1 is 1.25 bits per heavy atom. The molecule has 1 aromatic rings. The summed E-state index contributed by atoms with van der Waals surface area (Å²) in [7, 11) is 3.48. The number of rotatable bonds is 3. The maximum Gasteiger partial charge on any atom is 0.337 e. The molecule has 0 radical (unpaired) electrons. The summed E-state index contributed by atoms with van der Waals surface area (Å²) < 4.78 is 4.72. The first-order valence-corrected chi connectivity index (χ1v) is 7.34. The van der Waals surface area contributed by atoms with Crippen LogP contribution in [0, 0.1) is 0 Å². The average molecular weight is 276 g/mol. The predicted octanol–water partition coefficient (Wildman–Crippen LogP) is 3.21. The molecule has 20 heavy (non-hydrogen) atoms. The van der Waals surface area contributed by atoms with Crippen molar-refractivity contribution in [2.45, 2.75) is 44.6 Å². The molecule has 0 bridgehead atoms. The van der Waals surface area contributed by atoms with E-state index in [1.54, 1.807) is 12.1 Å². The summed E-state index contributed by atoms with van der Waals surface area (Å²) in [6.45, 7) is 0. The second-order valence-corrected chi connectivity index (χ2v) is 5.52. The molecule has 1 aliphatic carbocycles. The molecule has 0 atom stereocenters. The van der Waals surface area contributed by atoms with Crippen LogP contribution in [0.1, 0.15) is 48.9 Å². The standard InChI is InChI=1S/C16H24N2O2/c1-18(13-7-5-3-4-6-8-13)15-10-9-12(11-14(15)17)16(19)20-2/h9-11,13H,3-8,17H2,1-2H3. The van der Waals surface area contributed by atoms with Crippen molar-refractivity contribution in [1.82, 2.24) is 0 Å². The fourth-order valence-corrected chi connectivity index (χ4v) is 2.96. The molecular formula is C16H24N2O2. The minimum Gasteiger partial charge on any atom is -0.465 e. The van der Waals surface area contributed by atoms with Crippen LogP contribution in [0.5, 0.6) is 0 Å². The van der Waals surface area contributed by atoms with Gasteiger partial charge in [-0.1, -0.05) is 25.7 Å². The van der Waals surface area contributed by atoms with Gasteiger partial charge < -0.3 is 15.4 Å². The number of ether oxygens (including phenoxy) is 1. The van der Waals surface area contributed by atoms with E-state index in [1.807, 2.05) is 6.07 Å². The molecule has 0 amide bonds. The molecule has 0 aromatic heterocycles. The topological polar surface area (TPSA) is 55.6 Å². The van der Waals surface area contributed by atoms with E-state index in [9.17, 15) is 4.79 Å². The zero-order valence-corrected chi connectivity index (χ0v) is 12.4. The summed E-state index contributed by atoms with van der Waals surface area (Å²) in [6, 6.07) is 5.95. The molecule has 4 heteroatoms. The van der Waals surface area contributed by atoms with Crippen LogP contribution in [0.2, 0.25) is 0 Å². The number of nitrogens with zero attached hydrogens (tertiary/aromatic N) is 1. The fourth-order valence-electron chi connectivity index (χ4n) is 2.96. The maximum atomic E-state index is 11.5. The summed E-state index contributed by atoms with van der Waals surface area (Å²) in [5, 5.41) is 0. The molecule has 1 fully saturated rings. The summed E-state index contributed by atoms with van der Waals surface area (Å²) >= 11 is 0. The summed E-state index contributed by atoms with van der Waals surface area (Å²) in [5.41, 5.74) is 8.26. The molecule has 1 aromatic carbocycles. The molecule has 0 unspecified atom stereocenters. The zero-order valence-electron chi connectivity index (χ0n) is 12.4.